The van der Waals surface area contributed by atoms with Crippen molar-refractivity contribution in [3.05, 3.63) is 54.0 Å². The van der Waals surface area contributed by atoms with Gasteiger partial charge in [-0.3, -0.25) is 4.99 Å². The lowest BCUT2D eigenvalue weighted by atomic mass is 10.1. The molecule has 1 aliphatic rings. The van der Waals surface area contributed by atoms with Crippen molar-refractivity contribution < 1.29 is 18.6 Å². The van der Waals surface area contributed by atoms with Gasteiger partial charge in [0.05, 0.1) is 26.6 Å². The van der Waals surface area contributed by atoms with E-state index < -0.39 is 5.79 Å². The van der Waals surface area contributed by atoms with Crippen molar-refractivity contribution in [1.29, 1.82) is 0 Å². The Labute approximate surface area is 195 Å². The highest BCUT2D eigenvalue weighted by Crippen LogP contribution is 2.22. The molecule has 2 N–H and O–H groups in total. The molecule has 1 fully saturated rings. The van der Waals surface area contributed by atoms with Crippen LogP contribution in [0, 0.1) is 0 Å². The van der Waals surface area contributed by atoms with Crippen LogP contribution in [0.2, 0.25) is 0 Å². The Morgan fingerprint density at radius 3 is 2.40 bits per heavy atom. The van der Waals surface area contributed by atoms with Gasteiger partial charge < -0.3 is 29.3 Å². The maximum absolute atomic E-state index is 5.66. The van der Waals surface area contributed by atoms with Crippen molar-refractivity contribution in [3.63, 3.8) is 0 Å². The molecule has 1 aromatic heterocycles. The van der Waals surface area contributed by atoms with Gasteiger partial charge in [0.1, 0.15) is 11.5 Å². The monoisotopic (exact) mass is 529 g/mol. The zero-order valence-electron chi connectivity index (χ0n) is 17.7. The van der Waals surface area contributed by atoms with E-state index in [0.29, 0.717) is 19.8 Å². The van der Waals surface area contributed by atoms with E-state index in [2.05, 4.69) is 22.8 Å². The second-order valence-electron chi connectivity index (χ2n) is 7.09. The largest absolute Gasteiger partial charge is 0.497 e. The number of aliphatic imine (C=N–C) groups is 1. The third kappa shape index (κ3) is 8.16. The summed E-state index contributed by atoms with van der Waals surface area (Å²) in [7, 11) is 1.68. The maximum Gasteiger partial charge on any atom is 0.191 e. The fourth-order valence-electron chi connectivity index (χ4n) is 3.12. The molecule has 7 nitrogen and oxygen atoms in total. The molecule has 2 aromatic rings. The van der Waals surface area contributed by atoms with Crippen molar-refractivity contribution in [3.8, 4) is 5.75 Å². The van der Waals surface area contributed by atoms with Crippen LogP contribution in [0.25, 0.3) is 0 Å². The van der Waals surface area contributed by atoms with Crippen molar-refractivity contribution in [1.82, 2.24) is 10.6 Å². The second kappa shape index (κ2) is 12.8. The number of halogens is 1. The minimum Gasteiger partial charge on any atom is -0.497 e. The van der Waals surface area contributed by atoms with Crippen LogP contribution in [-0.4, -0.2) is 51.7 Å². The highest BCUT2D eigenvalue weighted by atomic mass is 127. The van der Waals surface area contributed by atoms with Crippen molar-refractivity contribution >= 4 is 29.9 Å². The summed E-state index contributed by atoms with van der Waals surface area (Å²) in [6.45, 7) is 5.41. The van der Waals surface area contributed by atoms with E-state index in [1.165, 1.54) is 5.56 Å². The first kappa shape index (κ1) is 24.5. The van der Waals surface area contributed by atoms with Crippen molar-refractivity contribution in [2.45, 2.75) is 32.0 Å². The van der Waals surface area contributed by atoms with Crippen LogP contribution < -0.4 is 15.4 Å². The van der Waals surface area contributed by atoms with Gasteiger partial charge in [0.25, 0.3) is 0 Å². The van der Waals surface area contributed by atoms with E-state index in [0.717, 1.165) is 49.8 Å². The summed E-state index contributed by atoms with van der Waals surface area (Å²) in [6, 6.07) is 12.0. The number of nitrogens with zero attached hydrogens (tertiary/aromatic N) is 1. The Morgan fingerprint density at radius 2 is 1.77 bits per heavy atom. The van der Waals surface area contributed by atoms with Crippen LogP contribution in [-0.2, 0) is 22.3 Å². The SMILES string of the molecule is COc1ccc(CCNC(=NCCC2(C)OCCO2)NCCc2ccco2)cc1.I. The molecule has 1 aromatic carbocycles. The molecule has 166 valence electrons. The molecule has 2 heterocycles. The standard InChI is InChI=1S/C22H31N3O4.HI/c1-22(28-16-17-29-22)11-14-25-21(24-13-10-20-4-3-15-27-20)23-12-9-18-5-7-19(26-2)8-6-18;/h3-8,15H,9-14,16-17H2,1-2H3,(H2,23,24,25);1H. The molecular formula is C22H32IN3O4. The lowest BCUT2D eigenvalue weighted by Gasteiger charge is -2.21. The summed E-state index contributed by atoms with van der Waals surface area (Å²) >= 11 is 0. The Kier molecular flexibility index (Phi) is 10.5. The molecule has 30 heavy (non-hydrogen) atoms. The minimum atomic E-state index is -0.522. The predicted octanol–water partition coefficient (Wildman–Crippen LogP) is 3.38. The summed E-state index contributed by atoms with van der Waals surface area (Å²) in [6.07, 6.45) is 4.11. The van der Waals surface area contributed by atoms with Gasteiger partial charge in [0.15, 0.2) is 11.7 Å². The molecule has 0 aliphatic carbocycles. The first-order valence-corrected chi connectivity index (χ1v) is 10.1. The van der Waals surface area contributed by atoms with Crippen LogP contribution >= 0.6 is 24.0 Å². The number of nitrogens with one attached hydrogen (secondary N) is 2. The number of methoxy groups -OCH3 is 1. The number of hydrogen-bond donors (Lipinski definition) is 2. The molecule has 1 saturated heterocycles. The summed E-state index contributed by atoms with van der Waals surface area (Å²) in [4.78, 5) is 4.69. The van der Waals surface area contributed by atoms with Crippen LogP contribution in [0.15, 0.2) is 52.1 Å². The number of rotatable bonds is 10. The molecule has 8 heteroatoms. The van der Waals surface area contributed by atoms with Crippen LogP contribution in [0.5, 0.6) is 5.75 Å². The van der Waals surface area contributed by atoms with Crippen molar-refractivity contribution in [2.24, 2.45) is 4.99 Å². The van der Waals surface area contributed by atoms with E-state index in [-0.39, 0.29) is 24.0 Å². The van der Waals surface area contributed by atoms with Crippen LogP contribution in [0.4, 0.5) is 0 Å². The Hall–Kier alpha value is -1.78. The van der Waals surface area contributed by atoms with Gasteiger partial charge in [-0.2, -0.15) is 0 Å². The van der Waals surface area contributed by atoms with E-state index >= 15 is 0 Å². The fraction of sp³-hybridized carbons (Fsp3) is 0.500. The first-order valence-electron chi connectivity index (χ1n) is 10.1. The Morgan fingerprint density at radius 1 is 1.07 bits per heavy atom. The summed E-state index contributed by atoms with van der Waals surface area (Å²) in [5.41, 5.74) is 1.24. The van der Waals surface area contributed by atoms with Gasteiger partial charge in [0.2, 0.25) is 0 Å². The molecule has 0 saturated carbocycles. The first-order chi connectivity index (χ1) is 14.2. The highest BCUT2D eigenvalue weighted by Gasteiger charge is 2.30. The van der Waals surface area contributed by atoms with Gasteiger partial charge >= 0.3 is 0 Å². The number of furan rings is 1. The van der Waals surface area contributed by atoms with Gasteiger partial charge in [-0.05, 0) is 43.2 Å². The third-order valence-electron chi connectivity index (χ3n) is 4.84. The topological polar surface area (TPSA) is 77.2 Å². The molecule has 0 spiro atoms. The number of ether oxygens (including phenoxy) is 3. The van der Waals surface area contributed by atoms with Gasteiger partial charge in [0, 0.05) is 32.5 Å². The molecule has 1 aliphatic heterocycles. The van der Waals surface area contributed by atoms with Crippen molar-refractivity contribution in [2.75, 3.05) is 40.0 Å². The number of guanidine groups is 1. The zero-order valence-corrected chi connectivity index (χ0v) is 20.0. The van der Waals surface area contributed by atoms with Crippen LogP contribution in [0.3, 0.4) is 0 Å². The average molecular weight is 529 g/mol. The van der Waals surface area contributed by atoms with E-state index in [1.807, 2.05) is 31.2 Å². The molecule has 0 amide bonds. The molecule has 0 radical (unpaired) electrons. The lowest BCUT2D eigenvalue weighted by molar-refractivity contribution is -0.144. The van der Waals surface area contributed by atoms with Gasteiger partial charge in [-0.1, -0.05) is 12.1 Å². The second-order valence-corrected chi connectivity index (χ2v) is 7.09. The van der Waals surface area contributed by atoms with Gasteiger partial charge in [-0.25, -0.2) is 0 Å². The summed E-state index contributed by atoms with van der Waals surface area (Å²) in [5, 5.41) is 6.79. The average Bonchev–Trinajstić information content (AvgIpc) is 3.40. The van der Waals surface area contributed by atoms with Crippen LogP contribution in [0.1, 0.15) is 24.7 Å². The quantitative estimate of drug-likeness (QED) is 0.279. The number of benzene rings is 1. The van der Waals surface area contributed by atoms with E-state index in [9.17, 15) is 0 Å². The molecular weight excluding hydrogens is 497 g/mol. The number of hydrogen-bond acceptors (Lipinski definition) is 5. The Bertz CT molecular complexity index is 744. The normalized spacial score (nSPS) is 15.5. The van der Waals surface area contributed by atoms with E-state index in [1.54, 1.807) is 13.4 Å². The molecule has 0 unspecified atom stereocenters. The minimum absolute atomic E-state index is 0. The smallest absolute Gasteiger partial charge is 0.191 e. The molecule has 0 bridgehead atoms. The predicted molar refractivity (Wildman–Crippen MR) is 128 cm³/mol. The lowest BCUT2D eigenvalue weighted by Crippen LogP contribution is -2.40. The molecule has 0 atom stereocenters. The fourth-order valence-corrected chi connectivity index (χ4v) is 3.12. The highest BCUT2D eigenvalue weighted by molar-refractivity contribution is 14.0. The van der Waals surface area contributed by atoms with E-state index in [4.69, 9.17) is 23.6 Å². The third-order valence-corrected chi connectivity index (χ3v) is 4.84. The molecule has 3 rings (SSSR count). The zero-order chi connectivity index (χ0) is 20.4. The van der Waals surface area contributed by atoms with Gasteiger partial charge in [-0.15, -0.1) is 24.0 Å². The Balaban J connectivity index is 0.00000320. The summed E-state index contributed by atoms with van der Waals surface area (Å²) in [5.74, 6) is 2.08. The summed E-state index contributed by atoms with van der Waals surface area (Å²) < 4.78 is 21.9. The maximum atomic E-state index is 5.66.